The molecule has 0 saturated carbocycles. The van der Waals surface area contributed by atoms with Gasteiger partial charge < -0.3 is 5.11 Å². The first-order valence-corrected chi connectivity index (χ1v) is 4.34. The standard InChI is InChI=1S/C7H6ClF3N2O2/c8-1-2-13-4(6(14)15)3-5(12-13)7(9,10)11/h3H,1-2H2,(H,14,15). The van der Waals surface area contributed by atoms with Crippen LogP contribution in [-0.2, 0) is 12.7 Å². The molecule has 8 heteroatoms. The minimum atomic E-state index is -4.65. The molecule has 1 aromatic heterocycles. The zero-order chi connectivity index (χ0) is 11.6. The van der Waals surface area contributed by atoms with Crippen molar-refractivity contribution in [3.8, 4) is 0 Å². The van der Waals surface area contributed by atoms with Crippen molar-refractivity contribution in [2.24, 2.45) is 0 Å². The van der Waals surface area contributed by atoms with Gasteiger partial charge in [-0.25, -0.2) is 4.79 Å². The van der Waals surface area contributed by atoms with Crippen LogP contribution in [0, 0.1) is 0 Å². The Hall–Kier alpha value is -1.24. The highest BCUT2D eigenvalue weighted by Crippen LogP contribution is 2.28. The highest BCUT2D eigenvalue weighted by atomic mass is 35.5. The van der Waals surface area contributed by atoms with Gasteiger partial charge in [-0.15, -0.1) is 11.6 Å². The van der Waals surface area contributed by atoms with E-state index in [4.69, 9.17) is 16.7 Å². The summed E-state index contributed by atoms with van der Waals surface area (Å²) in [5.74, 6) is -1.48. The molecule has 0 fully saturated rings. The summed E-state index contributed by atoms with van der Waals surface area (Å²) in [5.41, 5.74) is -1.76. The molecule has 0 aromatic carbocycles. The summed E-state index contributed by atoms with van der Waals surface area (Å²) in [6, 6.07) is 0.481. The number of aryl methyl sites for hydroxylation is 1. The van der Waals surface area contributed by atoms with Crippen LogP contribution in [0.4, 0.5) is 13.2 Å². The van der Waals surface area contributed by atoms with E-state index in [0.29, 0.717) is 6.07 Å². The van der Waals surface area contributed by atoms with Crippen molar-refractivity contribution in [1.29, 1.82) is 0 Å². The second kappa shape index (κ2) is 4.09. The summed E-state index contributed by atoms with van der Waals surface area (Å²) >= 11 is 5.30. The molecular weight excluding hydrogens is 237 g/mol. The molecule has 0 unspecified atom stereocenters. The summed E-state index contributed by atoms with van der Waals surface area (Å²) in [5, 5.41) is 11.7. The summed E-state index contributed by atoms with van der Waals surface area (Å²) < 4.78 is 37.3. The lowest BCUT2D eigenvalue weighted by atomic mass is 10.3. The van der Waals surface area contributed by atoms with Crippen LogP contribution in [0.2, 0.25) is 0 Å². The van der Waals surface area contributed by atoms with Crippen molar-refractivity contribution >= 4 is 17.6 Å². The Balaban J connectivity index is 3.15. The molecule has 1 aromatic rings. The zero-order valence-corrected chi connectivity index (χ0v) is 8.01. The first-order valence-electron chi connectivity index (χ1n) is 3.80. The summed E-state index contributed by atoms with van der Waals surface area (Å²) in [6.45, 7) is -0.0841. The maximum absolute atomic E-state index is 12.2. The van der Waals surface area contributed by atoms with Gasteiger partial charge in [-0.1, -0.05) is 0 Å². The number of hydrogen-bond acceptors (Lipinski definition) is 2. The van der Waals surface area contributed by atoms with Crippen molar-refractivity contribution < 1.29 is 23.1 Å². The quantitative estimate of drug-likeness (QED) is 0.823. The van der Waals surface area contributed by atoms with Crippen molar-refractivity contribution in [3.05, 3.63) is 17.5 Å². The number of carboxylic acid groups (broad SMARTS) is 1. The Morgan fingerprint density at radius 2 is 2.20 bits per heavy atom. The highest BCUT2D eigenvalue weighted by Gasteiger charge is 2.35. The summed E-state index contributed by atoms with van der Waals surface area (Å²) in [4.78, 5) is 10.6. The first kappa shape index (κ1) is 11.8. The molecule has 0 saturated heterocycles. The second-order valence-electron chi connectivity index (χ2n) is 2.63. The van der Waals surface area contributed by atoms with Gasteiger partial charge in [0.25, 0.3) is 0 Å². The molecule has 0 aliphatic carbocycles. The van der Waals surface area contributed by atoms with Crippen molar-refractivity contribution in [1.82, 2.24) is 9.78 Å². The minimum absolute atomic E-state index is 0.0146. The number of carboxylic acids is 1. The van der Waals surface area contributed by atoms with Gasteiger partial charge in [-0.3, -0.25) is 4.68 Å². The number of carbonyl (C=O) groups is 1. The van der Waals surface area contributed by atoms with Gasteiger partial charge >= 0.3 is 12.1 Å². The number of nitrogens with zero attached hydrogens (tertiary/aromatic N) is 2. The van der Waals surface area contributed by atoms with Crippen molar-refractivity contribution in [2.75, 3.05) is 5.88 Å². The summed E-state index contributed by atoms with van der Waals surface area (Å²) in [6.07, 6.45) is -4.65. The van der Waals surface area contributed by atoms with E-state index in [1.807, 2.05) is 0 Å². The largest absolute Gasteiger partial charge is 0.477 e. The Kier molecular flexibility index (Phi) is 3.23. The van der Waals surface area contributed by atoms with Crippen LogP contribution in [0.15, 0.2) is 6.07 Å². The molecule has 0 spiro atoms. The third-order valence-electron chi connectivity index (χ3n) is 1.59. The lowest BCUT2D eigenvalue weighted by Crippen LogP contribution is -2.11. The maximum atomic E-state index is 12.2. The second-order valence-corrected chi connectivity index (χ2v) is 3.01. The predicted octanol–water partition coefficient (Wildman–Crippen LogP) is 1.84. The van der Waals surface area contributed by atoms with Crippen molar-refractivity contribution in [3.63, 3.8) is 0 Å². The fraction of sp³-hybridized carbons (Fsp3) is 0.429. The summed E-state index contributed by atoms with van der Waals surface area (Å²) in [7, 11) is 0. The molecule has 4 nitrogen and oxygen atoms in total. The minimum Gasteiger partial charge on any atom is -0.477 e. The average molecular weight is 243 g/mol. The Morgan fingerprint density at radius 3 is 2.60 bits per heavy atom. The molecule has 0 amide bonds. The molecule has 0 atom stereocenters. The third-order valence-corrected chi connectivity index (χ3v) is 1.75. The lowest BCUT2D eigenvalue weighted by Gasteiger charge is -2.01. The van der Waals surface area contributed by atoms with Crippen molar-refractivity contribution in [2.45, 2.75) is 12.7 Å². The number of halogens is 4. The smallest absolute Gasteiger partial charge is 0.435 e. The fourth-order valence-corrected chi connectivity index (χ4v) is 1.14. The van der Waals surface area contributed by atoms with E-state index >= 15 is 0 Å². The van der Waals surface area contributed by atoms with Crippen LogP contribution in [0.3, 0.4) is 0 Å². The normalized spacial score (nSPS) is 11.7. The molecule has 1 N–H and O–H groups in total. The van der Waals surface area contributed by atoms with E-state index in [9.17, 15) is 18.0 Å². The number of aromatic nitrogens is 2. The molecule has 1 heterocycles. The molecule has 0 aliphatic rings. The van der Waals surface area contributed by atoms with Crippen LogP contribution in [0.1, 0.15) is 16.2 Å². The van der Waals surface area contributed by atoms with E-state index in [0.717, 1.165) is 4.68 Å². The molecule has 0 radical (unpaired) electrons. The Morgan fingerprint density at radius 1 is 1.60 bits per heavy atom. The lowest BCUT2D eigenvalue weighted by molar-refractivity contribution is -0.141. The predicted molar refractivity (Wildman–Crippen MR) is 44.9 cm³/mol. The van der Waals surface area contributed by atoms with Crippen LogP contribution in [0.5, 0.6) is 0 Å². The molecule has 0 bridgehead atoms. The van der Waals surface area contributed by atoms with Crippen LogP contribution < -0.4 is 0 Å². The van der Waals surface area contributed by atoms with E-state index in [-0.39, 0.29) is 12.4 Å². The van der Waals surface area contributed by atoms with Gasteiger partial charge in [0, 0.05) is 11.9 Å². The first-order chi connectivity index (χ1) is 6.86. The van der Waals surface area contributed by atoms with Crippen LogP contribution >= 0.6 is 11.6 Å². The number of hydrogen-bond donors (Lipinski definition) is 1. The number of aromatic carboxylic acids is 1. The van der Waals surface area contributed by atoms with Gasteiger partial charge in [0.1, 0.15) is 5.69 Å². The number of alkyl halides is 4. The highest BCUT2D eigenvalue weighted by molar-refractivity contribution is 6.17. The maximum Gasteiger partial charge on any atom is 0.435 e. The molecular formula is C7H6ClF3N2O2. The molecule has 15 heavy (non-hydrogen) atoms. The van der Waals surface area contributed by atoms with Gasteiger partial charge in [-0.05, 0) is 0 Å². The Labute approximate surface area is 87.3 Å². The monoisotopic (exact) mass is 242 g/mol. The van der Waals surface area contributed by atoms with Gasteiger partial charge in [0.15, 0.2) is 5.69 Å². The average Bonchev–Trinajstić information content (AvgIpc) is 2.48. The molecule has 1 rings (SSSR count). The number of rotatable bonds is 3. The van der Waals surface area contributed by atoms with Crippen LogP contribution in [-0.4, -0.2) is 26.7 Å². The molecule has 84 valence electrons. The van der Waals surface area contributed by atoms with E-state index < -0.39 is 23.5 Å². The van der Waals surface area contributed by atoms with Crippen LogP contribution in [0.25, 0.3) is 0 Å². The fourth-order valence-electron chi connectivity index (χ4n) is 0.978. The van der Waals surface area contributed by atoms with E-state index in [2.05, 4.69) is 5.10 Å². The third kappa shape index (κ3) is 2.62. The van der Waals surface area contributed by atoms with E-state index in [1.165, 1.54) is 0 Å². The topological polar surface area (TPSA) is 55.1 Å². The van der Waals surface area contributed by atoms with Gasteiger partial charge in [0.05, 0.1) is 6.54 Å². The SMILES string of the molecule is O=C(O)c1cc(C(F)(F)F)nn1CCCl. The van der Waals surface area contributed by atoms with E-state index in [1.54, 1.807) is 0 Å². The van der Waals surface area contributed by atoms with Gasteiger partial charge in [0.2, 0.25) is 0 Å². The van der Waals surface area contributed by atoms with Gasteiger partial charge in [-0.2, -0.15) is 18.3 Å². The molecule has 0 aliphatic heterocycles. The Bertz CT molecular complexity index is 375. The zero-order valence-electron chi connectivity index (χ0n) is 7.25.